The van der Waals surface area contributed by atoms with E-state index in [2.05, 4.69) is 26.0 Å². The quantitative estimate of drug-likeness (QED) is 0.652. The van der Waals surface area contributed by atoms with E-state index in [4.69, 9.17) is 0 Å². The molecule has 3 aromatic rings. The molecule has 0 radical (unpaired) electrons. The van der Waals surface area contributed by atoms with Gasteiger partial charge in [0, 0.05) is 29.4 Å². The van der Waals surface area contributed by atoms with Crippen LogP contribution in [0.1, 0.15) is 25.3 Å². The van der Waals surface area contributed by atoms with Gasteiger partial charge in [0.05, 0.1) is 6.54 Å². The Morgan fingerprint density at radius 2 is 1.83 bits per heavy atom. The van der Waals surface area contributed by atoms with Gasteiger partial charge >= 0.3 is 0 Å². The number of nitrogens with one attached hydrogen (secondary N) is 2. The molecule has 2 aromatic carbocycles. The van der Waals surface area contributed by atoms with Gasteiger partial charge in [-0.2, -0.15) is 4.80 Å². The molecule has 2 N–H and O–H groups in total. The Morgan fingerprint density at radius 3 is 2.55 bits per heavy atom. The molecule has 1 aromatic heterocycles. The highest BCUT2D eigenvalue weighted by molar-refractivity contribution is 5.77. The lowest BCUT2D eigenvalue weighted by Gasteiger charge is -2.21. The van der Waals surface area contributed by atoms with E-state index in [0.29, 0.717) is 17.4 Å². The topological polar surface area (TPSA) is 67.7 Å². The van der Waals surface area contributed by atoms with Crippen molar-refractivity contribution in [1.82, 2.24) is 25.5 Å². The van der Waals surface area contributed by atoms with Crippen molar-refractivity contribution in [1.29, 1.82) is 0 Å². The third-order valence-electron chi connectivity index (χ3n) is 5.17. The second kappa shape index (κ2) is 8.24. The van der Waals surface area contributed by atoms with Crippen LogP contribution in [0.4, 0.5) is 20.2 Å². The molecule has 0 amide bonds. The molecule has 0 spiro atoms. The Labute approximate surface area is 168 Å². The number of anilines is 2. The number of aromatic nitrogens is 4. The highest BCUT2D eigenvalue weighted by Gasteiger charge is 2.23. The first-order valence-electron chi connectivity index (χ1n) is 9.82. The van der Waals surface area contributed by atoms with E-state index in [-0.39, 0.29) is 5.56 Å². The molecule has 0 bridgehead atoms. The maximum Gasteiger partial charge on any atom is 0.270 e. The summed E-state index contributed by atoms with van der Waals surface area (Å²) in [6, 6.07) is 13.8. The Kier molecular flexibility index (Phi) is 5.53. The lowest BCUT2D eigenvalue weighted by molar-refractivity contribution is 0.0175. The maximum absolute atomic E-state index is 13.4. The standard InChI is InChI=1S/C21H24F2N6/c1-21(22,23)16-6-8-17(9-7-16)25-19-5-3-2-4-18(19)20-26-28-29(27-20)14-15-10-12-24-13-11-15/h2-9,15,24-25H,10-14H2,1H3. The summed E-state index contributed by atoms with van der Waals surface area (Å²) in [5, 5.41) is 19.6. The summed E-state index contributed by atoms with van der Waals surface area (Å²) in [6.45, 7) is 3.71. The van der Waals surface area contributed by atoms with Crippen LogP contribution in [0.25, 0.3) is 11.4 Å². The van der Waals surface area contributed by atoms with Crippen LogP contribution < -0.4 is 10.6 Å². The van der Waals surface area contributed by atoms with Gasteiger partial charge in [0.15, 0.2) is 0 Å². The summed E-state index contributed by atoms with van der Waals surface area (Å²) in [5.74, 6) is -1.76. The predicted molar refractivity (Wildman–Crippen MR) is 108 cm³/mol. The molecule has 0 saturated carbocycles. The Balaban J connectivity index is 1.51. The zero-order chi connectivity index (χ0) is 20.3. The first-order chi connectivity index (χ1) is 14.0. The van der Waals surface area contributed by atoms with Crippen LogP contribution in [-0.2, 0) is 12.5 Å². The van der Waals surface area contributed by atoms with Gasteiger partial charge in [0.2, 0.25) is 5.82 Å². The molecule has 29 heavy (non-hydrogen) atoms. The zero-order valence-electron chi connectivity index (χ0n) is 16.3. The van der Waals surface area contributed by atoms with Crippen LogP contribution in [0.5, 0.6) is 0 Å². The number of tetrazole rings is 1. The van der Waals surface area contributed by atoms with Crippen molar-refractivity contribution in [3.8, 4) is 11.4 Å². The molecule has 8 heteroatoms. The summed E-state index contributed by atoms with van der Waals surface area (Å²) in [7, 11) is 0. The van der Waals surface area contributed by atoms with Crippen LogP contribution in [0.15, 0.2) is 48.5 Å². The fourth-order valence-electron chi connectivity index (χ4n) is 3.51. The molecule has 1 aliphatic heterocycles. The third-order valence-corrected chi connectivity index (χ3v) is 5.17. The first-order valence-corrected chi connectivity index (χ1v) is 9.82. The van der Waals surface area contributed by atoms with Crippen LogP contribution in [-0.4, -0.2) is 33.3 Å². The number of benzene rings is 2. The van der Waals surface area contributed by atoms with Gasteiger partial charge in [0.1, 0.15) is 0 Å². The highest BCUT2D eigenvalue weighted by Crippen LogP contribution is 2.31. The summed E-state index contributed by atoms with van der Waals surface area (Å²) in [4.78, 5) is 1.67. The van der Waals surface area contributed by atoms with Crippen molar-refractivity contribution in [2.45, 2.75) is 32.2 Å². The third kappa shape index (κ3) is 4.76. The molecule has 0 atom stereocenters. The molecule has 1 aliphatic rings. The van der Waals surface area contributed by atoms with Crippen molar-refractivity contribution in [2.24, 2.45) is 5.92 Å². The Hall–Kier alpha value is -2.87. The molecule has 6 nitrogen and oxygen atoms in total. The van der Waals surface area contributed by atoms with Crippen molar-refractivity contribution in [2.75, 3.05) is 18.4 Å². The Morgan fingerprint density at radius 1 is 1.10 bits per heavy atom. The fourth-order valence-corrected chi connectivity index (χ4v) is 3.51. The molecule has 1 saturated heterocycles. The molecule has 4 rings (SSSR count). The van der Waals surface area contributed by atoms with Gasteiger partial charge < -0.3 is 10.6 Å². The van der Waals surface area contributed by atoms with Gasteiger partial charge in [0.25, 0.3) is 5.92 Å². The summed E-state index contributed by atoms with van der Waals surface area (Å²) in [6.07, 6.45) is 2.23. The molecular weight excluding hydrogens is 374 g/mol. The number of para-hydroxylation sites is 1. The van der Waals surface area contributed by atoms with Gasteiger partial charge in [-0.25, -0.2) is 8.78 Å². The van der Waals surface area contributed by atoms with Gasteiger partial charge in [-0.15, -0.1) is 10.2 Å². The lowest BCUT2D eigenvalue weighted by atomic mass is 9.99. The number of rotatable bonds is 6. The van der Waals surface area contributed by atoms with E-state index in [9.17, 15) is 8.78 Å². The largest absolute Gasteiger partial charge is 0.355 e. The van der Waals surface area contributed by atoms with Crippen molar-refractivity contribution in [3.63, 3.8) is 0 Å². The van der Waals surface area contributed by atoms with Crippen LogP contribution in [0.3, 0.4) is 0 Å². The van der Waals surface area contributed by atoms with E-state index >= 15 is 0 Å². The van der Waals surface area contributed by atoms with Crippen molar-refractivity contribution in [3.05, 3.63) is 54.1 Å². The summed E-state index contributed by atoms with van der Waals surface area (Å²) >= 11 is 0. The van der Waals surface area contributed by atoms with E-state index in [1.165, 1.54) is 12.1 Å². The van der Waals surface area contributed by atoms with Crippen molar-refractivity contribution < 1.29 is 8.78 Å². The monoisotopic (exact) mass is 398 g/mol. The molecule has 2 heterocycles. The number of hydrogen-bond donors (Lipinski definition) is 2. The summed E-state index contributed by atoms with van der Waals surface area (Å²) in [5.41, 5.74) is 2.31. The molecule has 152 valence electrons. The number of hydrogen-bond acceptors (Lipinski definition) is 5. The highest BCUT2D eigenvalue weighted by atomic mass is 19.3. The minimum Gasteiger partial charge on any atom is -0.355 e. The lowest BCUT2D eigenvalue weighted by Crippen LogP contribution is -2.30. The van der Waals surface area contributed by atoms with Crippen LogP contribution in [0, 0.1) is 5.92 Å². The molecule has 1 fully saturated rings. The zero-order valence-corrected chi connectivity index (χ0v) is 16.3. The SMILES string of the molecule is CC(F)(F)c1ccc(Nc2ccccc2-c2nnn(CC3CCNCC3)n2)cc1. The fraction of sp³-hybridized carbons (Fsp3) is 0.381. The normalized spacial score (nSPS) is 15.4. The smallest absolute Gasteiger partial charge is 0.270 e. The number of halogens is 2. The average molecular weight is 398 g/mol. The van der Waals surface area contributed by atoms with Gasteiger partial charge in [-0.3, -0.25) is 0 Å². The van der Waals surface area contributed by atoms with Gasteiger partial charge in [-0.05, 0) is 61.3 Å². The van der Waals surface area contributed by atoms with E-state index in [1.807, 2.05) is 24.3 Å². The summed E-state index contributed by atoms with van der Waals surface area (Å²) < 4.78 is 26.8. The molecule has 0 aliphatic carbocycles. The van der Waals surface area contributed by atoms with E-state index in [0.717, 1.165) is 50.7 Å². The van der Waals surface area contributed by atoms with Crippen LogP contribution in [0.2, 0.25) is 0 Å². The second-order valence-corrected chi connectivity index (χ2v) is 7.50. The average Bonchev–Trinajstić information content (AvgIpc) is 3.17. The van der Waals surface area contributed by atoms with E-state index in [1.54, 1.807) is 16.9 Å². The number of nitrogens with zero attached hydrogens (tertiary/aromatic N) is 4. The minimum atomic E-state index is -2.85. The molecular formula is C21H24F2N6. The van der Waals surface area contributed by atoms with Crippen molar-refractivity contribution >= 4 is 11.4 Å². The predicted octanol–water partition coefficient (Wildman–Crippen LogP) is 4.20. The van der Waals surface area contributed by atoms with E-state index < -0.39 is 5.92 Å². The number of piperidine rings is 1. The second-order valence-electron chi connectivity index (χ2n) is 7.50. The maximum atomic E-state index is 13.4. The Bertz CT molecular complexity index is 942. The number of alkyl halides is 2. The van der Waals surface area contributed by atoms with Crippen LogP contribution >= 0.6 is 0 Å². The molecule has 0 unspecified atom stereocenters. The van der Waals surface area contributed by atoms with Gasteiger partial charge in [-0.1, -0.05) is 24.3 Å². The first kappa shape index (κ1) is 19.4. The minimum absolute atomic E-state index is 0.0149.